The van der Waals surface area contributed by atoms with Crippen LogP contribution in [0.2, 0.25) is 0 Å². The van der Waals surface area contributed by atoms with Crippen LogP contribution >= 0.6 is 11.6 Å². The van der Waals surface area contributed by atoms with Gasteiger partial charge in [-0.1, -0.05) is 24.3 Å². The summed E-state index contributed by atoms with van der Waals surface area (Å²) < 4.78 is 0. The zero-order valence-electron chi connectivity index (χ0n) is 16.0. The first-order chi connectivity index (χ1) is 13.0. The molecule has 0 spiro atoms. The van der Waals surface area contributed by atoms with E-state index in [2.05, 4.69) is 0 Å². The molecule has 154 valence electrons. The third-order valence-electron chi connectivity index (χ3n) is 5.17. The van der Waals surface area contributed by atoms with Gasteiger partial charge in [-0.05, 0) is 50.9 Å². The van der Waals surface area contributed by atoms with E-state index in [0.717, 1.165) is 12.8 Å². The average Bonchev–Trinajstić information content (AvgIpc) is 3.02. The Kier molecular flexibility index (Phi) is 11.8. The quantitative estimate of drug-likeness (QED) is 0.237. The predicted octanol–water partition coefficient (Wildman–Crippen LogP) is 2.95. The minimum Gasteiger partial charge on any atom is -0.393 e. The third-order valence-corrected chi connectivity index (χ3v) is 5.43. The van der Waals surface area contributed by atoms with Crippen LogP contribution in [0.5, 0.6) is 0 Å². The maximum absolute atomic E-state index is 12.1. The van der Waals surface area contributed by atoms with Gasteiger partial charge in [-0.2, -0.15) is 0 Å². The highest BCUT2D eigenvalue weighted by Crippen LogP contribution is 2.33. The van der Waals surface area contributed by atoms with Crippen molar-refractivity contribution in [2.75, 3.05) is 19.1 Å². The third kappa shape index (κ3) is 9.15. The van der Waals surface area contributed by atoms with E-state index in [9.17, 15) is 19.8 Å². The van der Waals surface area contributed by atoms with Crippen molar-refractivity contribution in [3.63, 3.8) is 0 Å². The lowest BCUT2D eigenvalue weighted by atomic mass is 9.89. The number of alkyl halides is 1. The summed E-state index contributed by atoms with van der Waals surface area (Å²) in [4.78, 5) is 23.2. The Morgan fingerprint density at radius 1 is 1.22 bits per heavy atom. The van der Waals surface area contributed by atoms with Gasteiger partial charge < -0.3 is 15.3 Å². The number of ketones is 2. The number of rotatable bonds is 14. The van der Waals surface area contributed by atoms with Gasteiger partial charge in [0.05, 0.1) is 12.2 Å². The van der Waals surface area contributed by atoms with Crippen LogP contribution in [0.4, 0.5) is 0 Å². The van der Waals surface area contributed by atoms with Crippen molar-refractivity contribution < 1.29 is 24.9 Å². The molecule has 3 atom stereocenters. The number of unbranched alkanes of at least 4 members (excludes halogenated alkanes) is 1. The zero-order chi connectivity index (χ0) is 20.1. The molecule has 0 heterocycles. The lowest BCUT2D eigenvalue weighted by molar-refractivity contribution is -0.122. The summed E-state index contributed by atoms with van der Waals surface area (Å²) in [6.45, 7) is -0.700. The molecule has 5 nitrogen and oxygen atoms in total. The summed E-state index contributed by atoms with van der Waals surface area (Å²) in [5, 5.41) is 28.4. The van der Waals surface area contributed by atoms with Crippen LogP contribution in [-0.2, 0) is 9.59 Å². The Morgan fingerprint density at radius 2 is 2.00 bits per heavy atom. The van der Waals surface area contributed by atoms with Gasteiger partial charge in [0.1, 0.15) is 12.4 Å². The standard InChI is InChI=1S/C21H33ClO5/c22-14-6-13-21(27,16-24)12-5-7-17-10-11-20(26)19(17)9-4-2-1-3-8-18(25)15-23/h2,4-5,7,17,19,23-24,27H,1,3,6,8-16H2/t17-,19+,21?/m0/s1. The molecule has 0 aromatic carbocycles. The molecule has 6 heteroatoms. The van der Waals surface area contributed by atoms with Crippen LogP contribution in [0.25, 0.3) is 0 Å². The highest BCUT2D eigenvalue weighted by molar-refractivity contribution is 6.17. The van der Waals surface area contributed by atoms with Crippen LogP contribution in [-0.4, -0.2) is 51.6 Å². The van der Waals surface area contributed by atoms with Gasteiger partial charge in [-0.3, -0.25) is 9.59 Å². The molecule has 27 heavy (non-hydrogen) atoms. The first-order valence-electron chi connectivity index (χ1n) is 9.82. The molecule has 0 aromatic rings. The maximum atomic E-state index is 12.1. The van der Waals surface area contributed by atoms with E-state index in [1.807, 2.05) is 24.3 Å². The molecule has 1 unspecified atom stereocenters. The summed E-state index contributed by atoms with van der Waals surface area (Å²) in [6.07, 6.45) is 13.3. The topological polar surface area (TPSA) is 94.8 Å². The summed E-state index contributed by atoms with van der Waals surface area (Å²) >= 11 is 5.66. The van der Waals surface area contributed by atoms with E-state index in [-0.39, 0.29) is 30.0 Å². The van der Waals surface area contributed by atoms with E-state index in [4.69, 9.17) is 16.7 Å². The smallest absolute Gasteiger partial charge is 0.158 e. The molecule has 1 rings (SSSR count). The van der Waals surface area contributed by atoms with Crippen LogP contribution in [0, 0.1) is 11.8 Å². The van der Waals surface area contributed by atoms with Gasteiger partial charge in [0.15, 0.2) is 5.78 Å². The minimum atomic E-state index is -1.14. The van der Waals surface area contributed by atoms with Crippen molar-refractivity contribution in [2.24, 2.45) is 11.8 Å². The van der Waals surface area contributed by atoms with Crippen molar-refractivity contribution in [2.45, 2.75) is 63.4 Å². The second kappa shape index (κ2) is 13.2. The van der Waals surface area contributed by atoms with E-state index >= 15 is 0 Å². The second-order valence-electron chi connectivity index (χ2n) is 7.38. The fourth-order valence-corrected chi connectivity index (χ4v) is 3.57. The molecule has 1 saturated carbocycles. The van der Waals surface area contributed by atoms with Gasteiger partial charge in [0.2, 0.25) is 0 Å². The van der Waals surface area contributed by atoms with Crippen LogP contribution in [0.1, 0.15) is 57.8 Å². The summed E-state index contributed by atoms with van der Waals surface area (Å²) in [6, 6.07) is 0. The molecule has 3 N–H and O–H groups in total. The molecule has 0 amide bonds. The number of carbonyl (C=O) groups is 2. The fourth-order valence-electron chi connectivity index (χ4n) is 3.43. The molecular formula is C21H33ClO5. The van der Waals surface area contributed by atoms with Crippen molar-refractivity contribution >= 4 is 23.2 Å². The number of allylic oxidation sites excluding steroid dienone is 3. The SMILES string of the molecule is O=C(CO)CCCC=CC[C@H]1C(=O)CC[C@@H]1C=CCC(O)(CO)CCCCl. The summed E-state index contributed by atoms with van der Waals surface area (Å²) in [5.41, 5.74) is -1.14. The van der Waals surface area contributed by atoms with E-state index in [1.54, 1.807) is 0 Å². The first kappa shape index (κ1) is 24.0. The number of carbonyl (C=O) groups excluding carboxylic acids is 2. The minimum absolute atomic E-state index is 0.0402. The average molecular weight is 401 g/mol. The van der Waals surface area contributed by atoms with Crippen molar-refractivity contribution in [3.05, 3.63) is 24.3 Å². The van der Waals surface area contributed by atoms with Crippen LogP contribution < -0.4 is 0 Å². The molecule has 1 fully saturated rings. The molecule has 0 aliphatic heterocycles. The van der Waals surface area contributed by atoms with E-state index < -0.39 is 12.2 Å². The Bertz CT molecular complexity index is 517. The Balaban J connectivity index is 2.45. The monoisotopic (exact) mass is 400 g/mol. The molecule has 0 aromatic heterocycles. The van der Waals surface area contributed by atoms with Crippen molar-refractivity contribution in [1.82, 2.24) is 0 Å². The van der Waals surface area contributed by atoms with Crippen molar-refractivity contribution in [3.8, 4) is 0 Å². The zero-order valence-corrected chi connectivity index (χ0v) is 16.7. The van der Waals surface area contributed by atoms with Gasteiger partial charge in [-0.15, -0.1) is 11.6 Å². The molecule has 1 aliphatic carbocycles. The van der Waals surface area contributed by atoms with Gasteiger partial charge >= 0.3 is 0 Å². The van der Waals surface area contributed by atoms with Gasteiger partial charge in [0, 0.05) is 24.6 Å². The van der Waals surface area contributed by atoms with Gasteiger partial charge in [-0.25, -0.2) is 0 Å². The highest BCUT2D eigenvalue weighted by atomic mass is 35.5. The molecule has 1 aliphatic rings. The Labute approximate surface area is 167 Å². The number of aliphatic hydroxyl groups is 3. The highest BCUT2D eigenvalue weighted by Gasteiger charge is 2.32. The molecular weight excluding hydrogens is 368 g/mol. The normalized spacial score (nSPS) is 22.7. The summed E-state index contributed by atoms with van der Waals surface area (Å²) in [7, 11) is 0. The number of hydrogen-bond donors (Lipinski definition) is 3. The fraction of sp³-hybridized carbons (Fsp3) is 0.714. The largest absolute Gasteiger partial charge is 0.393 e. The number of hydrogen-bond acceptors (Lipinski definition) is 5. The molecule has 0 saturated heterocycles. The molecule has 0 bridgehead atoms. The van der Waals surface area contributed by atoms with Crippen molar-refractivity contribution in [1.29, 1.82) is 0 Å². The molecule has 0 radical (unpaired) electrons. The summed E-state index contributed by atoms with van der Waals surface area (Å²) in [5.74, 6) is 0.694. The number of halogens is 1. The number of aliphatic hydroxyl groups excluding tert-OH is 2. The lowest BCUT2D eigenvalue weighted by Crippen LogP contribution is -2.32. The number of Topliss-reactive ketones (excluding diaryl/α,β-unsaturated/α-hetero) is 2. The lowest BCUT2D eigenvalue weighted by Gasteiger charge is -2.24. The first-order valence-corrected chi connectivity index (χ1v) is 10.4. The van der Waals surface area contributed by atoms with Crippen LogP contribution in [0.3, 0.4) is 0 Å². The second-order valence-corrected chi connectivity index (χ2v) is 7.76. The maximum Gasteiger partial charge on any atom is 0.158 e. The van der Waals surface area contributed by atoms with Gasteiger partial charge in [0.25, 0.3) is 0 Å². The Hall–Kier alpha value is -1.01. The van der Waals surface area contributed by atoms with E-state index in [1.165, 1.54) is 0 Å². The predicted molar refractivity (Wildman–Crippen MR) is 107 cm³/mol. The Morgan fingerprint density at radius 3 is 2.67 bits per heavy atom. The van der Waals surface area contributed by atoms with E-state index in [0.29, 0.717) is 50.8 Å². The van der Waals surface area contributed by atoms with Crippen LogP contribution in [0.15, 0.2) is 24.3 Å².